The first kappa shape index (κ1) is 29.1. The van der Waals surface area contributed by atoms with Gasteiger partial charge in [-0.3, -0.25) is 9.36 Å². The number of allylic oxidation sites excluding steroid dienone is 1. The number of rotatable bonds is 8. The summed E-state index contributed by atoms with van der Waals surface area (Å²) in [5, 5.41) is 0.323. The number of halogens is 4. The Morgan fingerprint density at radius 2 is 1.70 bits per heavy atom. The molecule has 0 aliphatic carbocycles. The minimum absolute atomic E-state index is 0.0875. The van der Waals surface area contributed by atoms with Crippen molar-refractivity contribution in [3.05, 3.63) is 95.6 Å². The fourth-order valence-corrected chi connectivity index (χ4v) is 5.08. The second kappa shape index (κ2) is 12.1. The predicted molar refractivity (Wildman–Crippen MR) is 141 cm³/mol. The summed E-state index contributed by atoms with van der Waals surface area (Å²) in [5.74, 6) is -1.38. The van der Waals surface area contributed by atoms with Crippen molar-refractivity contribution >= 4 is 41.0 Å². The Morgan fingerprint density at radius 3 is 2.30 bits per heavy atom. The molecule has 1 aliphatic heterocycles. The lowest BCUT2D eigenvalue weighted by Gasteiger charge is -2.26. The molecule has 0 saturated heterocycles. The third kappa shape index (κ3) is 6.28. The van der Waals surface area contributed by atoms with Crippen molar-refractivity contribution in [1.82, 2.24) is 4.57 Å². The smallest absolute Gasteiger partial charge is 0.434 e. The molecule has 8 nitrogen and oxygen atoms in total. The fraction of sp³-hybridized carbons (Fsp3) is 0.259. The summed E-state index contributed by atoms with van der Waals surface area (Å²) in [4.78, 5) is 41.4. The van der Waals surface area contributed by atoms with E-state index in [1.807, 2.05) is 0 Å². The number of fused-ring (bicyclic) bond motifs is 1. The first-order valence-corrected chi connectivity index (χ1v) is 13.2. The van der Waals surface area contributed by atoms with Crippen LogP contribution in [-0.2, 0) is 19.1 Å². The number of hydrogen-bond donors (Lipinski definition) is 0. The van der Waals surface area contributed by atoms with Crippen molar-refractivity contribution in [2.75, 3.05) is 19.8 Å². The van der Waals surface area contributed by atoms with Gasteiger partial charge < -0.3 is 14.2 Å². The van der Waals surface area contributed by atoms with E-state index in [2.05, 4.69) is 4.99 Å². The molecule has 3 aromatic rings. The van der Waals surface area contributed by atoms with Gasteiger partial charge >= 0.3 is 18.1 Å². The number of hydrogen-bond acceptors (Lipinski definition) is 8. The molecular formula is C27H22ClF3N2O6S. The number of carbonyl (C=O) groups excluding carboxylic acids is 2. The van der Waals surface area contributed by atoms with Gasteiger partial charge in [0.1, 0.15) is 5.75 Å². The lowest BCUT2D eigenvalue weighted by Crippen LogP contribution is -2.41. The zero-order valence-electron chi connectivity index (χ0n) is 21.2. The third-order valence-corrected chi connectivity index (χ3v) is 6.86. The molecule has 0 unspecified atom stereocenters. The van der Waals surface area contributed by atoms with E-state index in [0.29, 0.717) is 16.3 Å². The molecule has 0 spiro atoms. The summed E-state index contributed by atoms with van der Waals surface area (Å²) < 4.78 is 58.8. The van der Waals surface area contributed by atoms with Gasteiger partial charge in [-0.15, -0.1) is 0 Å². The van der Waals surface area contributed by atoms with Gasteiger partial charge in [0.2, 0.25) is 0 Å². The van der Waals surface area contributed by atoms with E-state index in [9.17, 15) is 27.6 Å². The van der Waals surface area contributed by atoms with Crippen LogP contribution in [0.1, 0.15) is 31.0 Å². The van der Waals surface area contributed by atoms with E-state index in [1.54, 1.807) is 31.2 Å². The van der Waals surface area contributed by atoms with Gasteiger partial charge in [-0.2, -0.15) is 13.2 Å². The van der Waals surface area contributed by atoms with Crippen LogP contribution in [-0.4, -0.2) is 42.5 Å². The highest BCUT2D eigenvalue weighted by Crippen LogP contribution is 2.38. The van der Waals surface area contributed by atoms with Crippen LogP contribution in [0.3, 0.4) is 0 Å². The van der Waals surface area contributed by atoms with Gasteiger partial charge in [-0.05, 0) is 55.3 Å². The number of thiazole rings is 1. The van der Waals surface area contributed by atoms with Gasteiger partial charge in [0.15, 0.2) is 17.1 Å². The molecule has 1 aromatic heterocycles. The van der Waals surface area contributed by atoms with Crippen LogP contribution in [0.2, 0.25) is 5.02 Å². The summed E-state index contributed by atoms with van der Waals surface area (Å²) in [7, 11) is 0. The highest BCUT2D eigenvalue weighted by molar-refractivity contribution is 7.07. The van der Waals surface area contributed by atoms with Gasteiger partial charge in [-0.25, -0.2) is 14.6 Å². The minimum Gasteiger partial charge on any atom is -0.482 e. The second-order valence-corrected chi connectivity index (χ2v) is 9.72. The molecule has 40 heavy (non-hydrogen) atoms. The summed E-state index contributed by atoms with van der Waals surface area (Å²) in [5.41, 5.74) is -2.10. The maximum Gasteiger partial charge on any atom is 0.434 e. The summed E-state index contributed by atoms with van der Waals surface area (Å²) >= 11 is 6.73. The van der Waals surface area contributed by atoms with Gasteiger partial charge in [0.25, 0.3) is 5.56 Å². The number of alkyl halides is 3. The van der Waals surface area contributed by atoms with Crippen LogP contribution < -0.4 is 19.6 Å². The fourth-order valence-electron chi connectivity index (χ4n) is 3.96. The Kier molecular flexibility index (Phi) is 8.79. The lowest BCUT2D eigenvalue weighted by atomic mass is 9.95. The Morgan fingerprint density at radius 1 is 1.05 bits per heavy atom. The quantitative estimate of drug-likeness (QED) is 0.367. The Labute approximate surface area is 234 Å². The molecule has 2 aromatic carbocycles. The number of benzene rings is 2. The zero-order chi connectivity index (χ0) is 29.0. The van der Waals surface area contributed by atoms with Crippen LogP contribution >= 0.6 is 22.9 Å². The highest BCUT2D eigenvalue weighted by atomic mass is 35.5. The van der Waals surface area contributed by atoms with Gasteiger partial charge in [0, 0.05) is 5.02 Å². The van der Waals surface area contributed by atoms with Crippen molar-refractivity contribution in [3.8, 4) is 5.75 Å². The Hall–Kier alpha value is -3.90. The van der Waals surface area contributed by atoms with Gasteiger partial charge in [-0.1, -0.05) is 47.2 Å². The monoisotopic (exact) mass is 594 g/mol. The van der Waals surface area contributed by atoms with E-state index in [4.69, 9.17) is 25.8 Å². The van der Waals surface area contributed by atoms with Crippen molar-refractivity contribution < 1.29 is 37.0 Å². The van der Waals surface area contributed by atoms with Crippen LogP contribution in [0.4, 0.5) is 13.2 Å². The topological polar surface area (TPSA) is 96.2 Å². The molecule has 1 aliphatic rings. The average molecular weight is 595 g/mol. The van der Waals surface area contributed by atoms with Crippen molar-refractivity contribution in [2.24, 2.45) is 4.99 Å². The van der Waals surface area contributed by atoms with Crippen molar-refractivity contribution in [3.63, 3.8) is 0 Å². The number of carbonyl (C=O) groups is 2. The molecule has 0 N–H and O–H groups in total. The van der Waals surface area contributed by atoms with Crippen LogP contribution in [0.25, 0.3) is 6.08 Å². The molecule has 0 bridgehead atoms. The van der Waals surface area contributed by atoms with Crippen LogP contribution in [0.5, 0.6) is 5.75 Å². The predicted octanol–water partition coefficient (Wildman–Crippen LogP) is 3.94. The van der Waals surface area contributed by atoms with Crippen molar-refractivity contribution in [1.29, 1.82) is 0 Å². The van der Waals surface area contributed by atoms with Crippen molar-refractivity contribution in [2.45, 2.75) is 26.1 Å². The SMILES string of the molecule is CCOC(=O)COc1ccc(/C=c2\sc3n(c2=O)[C@@H](c2ccc(Cl)cc2)C(C(=O)OCC)=C(C(F)(F)F)N=3)cc1. The first-order valence-electron chi connectivity index (χ1n) is 12.0. The summed E-state index contributed by atoms with van der Waals surface area (Å²) in [6.45, 7) is 2.91. The van der Waals surface area contributed by atoms with Gasteiger partial charge in [0.05, 0.1) is 29.4 Å². The van der Waals surface area contributed by atoms with E-state index in [-0.39, 0.29) is 34.7 Å². The number of nitrogens with zero attached hydrogens (tertiary/aromatic N) is 2. The molecule has 2 heterocycles. The molecule has 0 amide bonds. The molecule has 0 saturated carbocycles. The molecular weight excluding hydrogens is 573 g/mol. The van der Waals surface area contributed by atoms with E-state index >= 15 is 0 Å². The van der Waals surface area contributed by atoms with Crippen LogP contribution in [0, 0.1) is 0 Å². The molecule has 1 atom stereocenters. The Bertz CT molecular complexity index is 1630. The normalized spacial score (nSPS) is 15.3. The number of esters is 2. The molecule has 4 rings (SSSR count). The maximum absolute atomic E-state index is 14.2. The molecule has 13 heteroatoms. The molecule has 210 valence electrons. The maximum atomic E-state index is 14.2. The molecule has 0 radical (unpaired) electrons. The highest BCUT2D eigenvalue weighted by Gasteiger charge is 2.45. The summed E-state index contributed by atoms with van der Waals surface area (Å²) in [6.07, 6.45) is -3.51. The standard InChI is InChI=1S/C27H22ClF3N2O6S/c1-3-37-20(34)14-39-18-11-5-15(6-12-18)13-19-24(35)33-22(16-7-9-17(28)10-8-16)21(25(36)38-4-2)23(27(29,30)31)32-26(33)40-19/h5-13,22H,3-4,14H2,1-2H3/b19-13-/t22-/m0/s1. The van der Waals surface area contributed by atoms with E-state index in [0.717, 1.165) is 15.9 Å². The summed E-state index contributed by atoms with van der Waals surface area (Å²) in [6, 6.07) is 10.7. The average Bonchev–Trinajstić information content (AvgIpc) is 3.22. The first-order chi connectivity index (χ1) is 19.0. The largest absolute Gasteiger partial charge is 0.482 e. The lowest BCUT2D eigenvalue weighted by molar-refractivity contribution is -0.145. The third-order valence-electron chi connectivity index (χ3n) is 5.62. The minimum atomic E-state index is -5.00. The number of aromatic nitrogens is 1. The van der Waals surface area contributed by atoms with Crippen LogP contribution in [0.15, 0.2) is 69.6 Å². The van der Waals surface area contributed by atoms with E-state index in [1.165, 1.54) is 37.3 Å². The Balaban J connectivity index is 1.83. The van der Waals surface area contributed by atoms with E-state index < -0.39 is 41.0 Å². The molecule has 0 fully saturated rings. The number of ether oxygens (including phenoxy) is 3. The zero-order valence-corrected chi connectivity index (χ0v) is 22.7. The second-order valence-electron chi connectivity index (χ2n) is 8.28.